The number of nitrogens with zero attached hydrogens (tertiary/aromatic N) is 2. The summed E-state index contributed by atoms with van der Waals surface area (Å²) in [6.45, 7) is 1.69. The average molecular weight is 303 g/mol. The van der Waals surface area contributed by atoms with E-state index in [4.69, 9.17) is 4.42 Å². The van der Waals surface area contributed by atoms with E-state index in [1.165, 1.54) is 38.5 Å². The maximum Gasteiger partial charge on any atom is 0.247 e. The number of fused-ring (bicyclic) bond motifs is 3. The van der Waals surface area contributed by atoms with Crippen molar-refractivity contribution in [2.24, 2.45) is 17.8 Å². The van der Waals surface area contributed by atoms with Gasteiger partial charge in [-0.25, -0.2) is 4.98 Å². The molecule has 1 N–H and O–H groups in total. The molecule has 22 heavy (non-hydrogen) atoms. The second-order valence-electron chi connectivity index (χ2n) is 7.21. The van der Waals surface area contributed by atoms with E-state index in [1.54, 1.807) is 0 Å². The predicted molar refractivity (Wildman–Crippen MR) is 82.1 cm³/mol. The van der Waals surface area contributed by atoms with Crippen molar-refractivity contribution in [1.82, 2.24) is 15.2 Å². The molecule has 2 aliphatic carbocycles. The molecule has 120 valence electrons. The maximum atomic E-state index is 12.9. The Hall–Kier alpha value is -1.36. The summed E-state index contributed by atoms with van der Waals surface area (Å²) in [5.41, 5.74) is 0.931. The number of carbonyl (C=O) groups excluding carboxylic acids is 1. The maximum absolute atomic E-state index is 12.9. The molecular weight excluding hydrogens is 278 g/mol. The first-order chi connectivity index (χ1) is 10.8. The first kappa shape index (κ1) is 14.2. The molecule has 5 heteroatoms. The number of nitrogens with one attached hydrogen (secondary N) is 1. The van der Waals surface area contributed by atoms with Gasteiger partial charge in [0.05, 0.1) is 5.69 Å². The lowest BCUT2D eigenvalue weighted by Crippen LogP contribution is -2.42. The van der Waals surface area contributed by atoms with Gasteiger partial charge in [-0.2, -0.15) is 0 Å². The van der Waals surface area contributed by atoms with Gasteiger partial charge >= 0.3 is 0 Å². The highest BCUT2D eigenvalue weighted by Crippen LogP contribution is 2.46. The largest absolute Gasteiger partial charge is 0.446 e. The zero-order chi connectivity index (χ0) is 15.1. The minimum absolute atomic E-state index is 0.152. The standard InChI is InChI=1S/C17H25N3O2/c1-18-15-16-14(19-10-22-16)5-6-20(17(15)21)9-13-8-11-3-2-4-12(13)7-11/h10-13,15,18H,2-9H2,1H3. The van der Waals surface area contributed by atoms with Crippen LogP contribution in [-0.4, -0.2) is 35.9 Å². The second-order valence-corrected chi connectivity index (χ2v) is 7.21. The third-order valence-corrected chi connectivity index (χ3v) is 5.98. The summed E-state index contributed by atoms with van der Waals surface area (Å²) in [6.07, 6.45) is 9.12. The number of oxazole rings is 1. The van der Waals surface area contributed by atoms with Crippen LogP contribution in [0.5, 0.6) is 0 Å². The molecule has 0 saturated heterocycles. The minimum Gasteiger partial charge on any atom is -0.446 e. The van der Waals surface area contributed by atoms with Crippen molar-refractivity contribution >= 4 is 5.91 Å². The lowest BCUT2D eigenvalue weighted by Gasteiger charge is -2.29. The molecule has 1 amide bonds. The van der Waals surface area contributed by atoms with Gasteiger partial charge in [0.25, 0.3) is 0 Å². The molecule has 2 bridgehead atoms. The molecule has 5 nitrogen and oxygen atoms in total. The predicted octanol–water partition coefficient (Wildman–Crippen LogP) is 2.15. The van der Waals surface area contributed by atoms with Crippen LogP contribution >= 0.6 is 0 Å². The number of rotatable bonds is 3. The number of hydrogen-bond donors (Lipinski definition) is 1. The van der Waals surface area contributed by atoms with Crippen molar-refractivity contribution in [2.75, 3.05) is 20.1 Å². The minimum atomic E-state index is -0.374. The molecule has 3 aliphatic rings. The topological polar surface area (TPSA) is 58.4 Å². The molecule has 2 heterocycles. The summed E-state index contributed by atoms with van der Waals surface area (Å²) < 4.78 is 5.48. The SMILES string of the molecule is CNC1C(=O)N(CC2CC3CCCC2C3)CCc2ncoc21. The average Bonchev–Trinajstić information content (AvgIpc) is 3.06. The van der Waals surface area contributed by atoms with Gasteiger partial charge in [0, 0.05) is 19.5 Å². The number of amides is 1. The second kappa shape index (κ2) is 5.69. The van der Waals surface area contributed by atoms with E-state index in [1.807, 2.05) is 7.05 Å². The normalized spacial score (nSPS) is 34.6. The van der Waals surface area contributed by atoms with Gasteiger partial charge in [0.1, 0.15) is 6.04 Å². The monoisotopic (exact) mass is 303 g/mol. The van der Waals surface area contributed by atoms with Crippen LogP contribution in [-0.2, 0) is 11.2 Å². The van der Waals surface area contributed by atoms with Crippen molar-refractivity contribution in [2.45, 2.75) is 44.6 Å². The number of likely N-dealkylation sites (N-methyl/N-ethyl adjacent to an activating group) is 1. The van der Waals surface area contributed by atoms with E-state index in [-0.39, 0.29) is 11.9 Å². The fourth-order valence-electron chi connectivity index (χ4n) is 4.88. The van der Waals surface area contributed by atoms with Crippen molar-refractivity contribution in [1.29, 1.82) is 0 Å². The molecule has 1 aliphatic heterocycles. The highest BCUT2D eigenvalue weighted by Gasteiger charge is 2.40. The number of carbonyl (C=O) groups is 1. The van der Waals surface area contributed by atoms with Crippen LogP contribution in [0.15, 0.2) is 10.8 Å². The Morgan fingerprint density at radius 1 is 1.41 bits per heavy atom. The van der Waals surface area contributed by atoms with E-state index < -0.39 is 0 Å². The third-order valence-electron chi connectivity index (χ3n) is 5.98. The molecule has 0 radical (unpaired) electrons. The fourth-order valence-corrected chi connectivity index (χ4v) is 4.88. The first-order valence-corrected chi connectivity index (χ1v) is 8.64. The Morgan fingerprint density at radius 2 is 2.32 bits per heavy atom. The summed E-state index contributed by atoms with van der Waals surface area (Å²) in [7, 11) is 1.82. The quantitative estimate of drug-likeness (QED) is 0.929. The van der Waals surface area contributed by atoms with Gasteiger partial charge in [-0.15, -0.1) is 0 Å². The Balaban J connectivity index is 1.51. The molecule has 2 fully saturated rings. The fraction of sp³-hybridized carbons (Fsp3) is 0.765. The highest BCUT2D eigenvalue weighted by molar-refractivity contribution is 5.83. The lowest BCUT2D eigenvalue weighted by molar-refractivity contribution is -0.134. The van der Waals surface area contributed by atoms with Crippen LogP contribution in [0.25, 0.3) is 0 Å². The van der Waals surface area contributed by atoms with Gasteiger partial charge < -0.3 is 14.6 Å². The van der Waals surface area contributed by atoms with E-state index >= 15 is 0 Å². The van der Waals surface area contributed by atoms with Crippen LogP contribution in [0, 0.1) is 17.8 Å². The molecule has 1 aromatic rings. The smallest absolute Gasteiger partial charge is 0.247 e. The van der Waals surface area contributed by atoms with Crippen LogP contribution in [0.1, 0.15) is 49.6 Å². The molecule has 4 unspecified atom stereocenters. The zero-order valence-electron chi connectivity index (χ0n) is 13.3. The van der Waals surface area contributed by atoms with Gasteiger partial charge in [-0.1, -0.05) is 19.3 Å². The van der Waals surface area contributed by atoms with Gasteiger partial charge in [0.15, 0.2) is 12.2 Å². The molecule has 4 rings (SSSR count). The summed E-state index contributed by atoms with van der Waals surface area (Å²) >= 11 is 0. The van der Waals surface area contributed by atoms with Crippen molar-refractivity contribution in [3.63, 3.8) is 0 Å². The highest BCUT2D eigenvalue weighted by atomic mass is 16.3. The Labute approximate surface area is 131 Å². The molecule has 2 saturated carbocycles. The van der Waals surface area contributed by atoms with E-state index in [0.717, 1.165) is 37.0 Å². The van der Waals surface area contributed by atoms with E-state index in [9.17, 15) is 4.79 Å². The molecular formula is C17H25N3O2. The van der Waals surface area contributed by atoms with Crippen LogP contribution < -0.4 is 5.32 Å². The lowest BCUT2D eigenvalue weighted by atomic mass is 9.87. The first-order valence-electron chi connectivity index (χ1n) is 8.64. The van der Waals surface area contributed by atoms with Crippen molar-refractivity contribution < 1.29 is 9.21 Å². The van der Waals surface area contributed by atoms with E-state index in [2.05, 4.69) is 15.2 Å². The van der Waals surface area contributed by atoms with E-state index in [0.29, 0.717) is 11.7 Å². The zero-order valence-corrected chi connectivity index (χ0v) is 13.3. The van der Waals surface area contributed by atoms with Gasteiger partial charge in [-0.05, 0) is 37.6 Å². The van der Waals surface area contributed by atoms with Gasteiger partial charge in [-0.3, -0.25) is 4.79 Å². The van der Waals surface area contributed by atoms with Gasteiger partial charge in [0.2, 0.25) is 5.91 Å². The summed E-state index contributed by atoms with van der Waals surface area (Å²) in [4.78, 5) is 19.2. The van der Waals surface area contributed by atoms with Crippen LogP contribution in [0.3, 0.4) is 0 Å². The molecule has 0 spiro atoms. The summed E-state index contributed by atoms with van der Waals surface area (Å²) in [5.74, 6) is 3.32. The third kappa shape index (κ3) is 2.35. The summed E-state index contributed by atoms with van der Waals surface area (Å²) in [6, 6.07) is -0.374. The Kier molecular flexibility index (Phi) is 3.68. The molecule has 4 atom stereocenters. The number of aromatic nitrogens is 1. The Morgan fingerprint density at radius 3 is 3.14 bits per heavy atom. The molecule has 0 aromatic carbocycles. The number of hydrogen-bond acceptors (Lipinski definition) is 4. The van der Waals surface area contributed by atoms with Crippen LogP contribution in [0.2, 0.25) is 0 Å². The molecule has 1 aromatic heterocycles. The summed E-state index contributed by atoms with van der Waals surface area (Å²) in [5, 5.41) is 3.11. The van der Waals surface area contributed by atoms with Crippen molar-refractivity contribution in [3.05, 3.63) is 17.8 Å². The van der Waals surface area contributed by atoms with Crippen molar-refractivity contribution in [3.8, 4) is 0 Å². The Bertz CT molecular complexity index is 556. The van der Waals surface area contributed by atoms with Crippen LogP contribution in [0.4, 0.5) is 0 Å².